The minimum absolute atomic E-state index is 0.0407. The molecule has 1 saturated heterocycles. The van der Waals surface area contributed by atoms with E-state index in [-0.39, 0.29) is 39.3 Å². The predicted octanol–water partition coefficient (Wildman–Crippen LogP) is 6.56. The first kappa shape index (κ1) is 21.0. The first-order valence-corrected chi connectivity index (χ1v) is 14.9. The van der Waals surface area contributed by atoms with Crippen LogP contribution in [0.25, 0.3) is 0 Å². The summed E-state index contributed by atoms with van der Waals surface area (Å²) >= 11 is 0. The lowest BCUT2D eigenvalue weighted by Crippen LogP contribution is -2.65. The normalized spacial score (nSPS) is 49.0. The number of allylic oxidation sites excluding steroid dienone is 1. The van der Waals surface area contributed by atoms with Gasteiger partial charge in [-0.05, 0) is 70.0 Å². The monoisotopic (exact) mass is 428 g/mol. The van der Waals surface area contributed by atoms with E-state index >= 15 is 0 Å². The Morgan fingerprint density at radius 3 is 2.50 bits per heavy atom. The first-order chi connectivity index (χ1) is 14.1. The fraction of sp³-hybridized carbons (Fsp3) is 0.808. The van der Waals surface area contributed by atoms with E-state index < -0.39 is 8.32 Å². The molecule has 0 aromatic heterocycles. The number of hydrogen-bond donors (Lipinski definition) is 0. The molecule has 0 N–H and O–H groups in total. The zero-order chi connectivity index (χ0) is 21.6. The summed E-state index contributed by atoms with van der Waals surface area (Å²) in [7, 11) is -1.71. The number of carbonyl (C=O) groups is 1. The van der Waals surface area contributed by atoms with Gasteiger partial charge in [0.15, 0.2) is 8.32 Å². The average molecular weight is 429 g/mol. The van der Waals surface area contributed by atoms with Crippen molar-refractivity contribution in [1.29, 1.82) is 0 Å². The third-order valence-electron chi connectivity index (χ3n) is 10.9. The average Bonchev–Trinajstić information content (AvgIpc) is 3.03. The number of ether oxygens (including phenoxy) is 1. The topological polar surface area (TPSA) is 35.5 Å². The van der Waals surface area contributed by atoms with E-state index in [1.165, 1.54) is 23.7 Å². The van der Waals surface area contributed by atoms with Crippen molar-refractivity contribution in [2.24, 2.45) is 22.2 Å². The van der Waals surface area contributed by atoms with Gasteiger partial charge in [0, 0.05) is 16.7 Å². The van der Waals surface area contributed by atoms with Gasteiger partial charge in [0.1, 0.15) is 5.60 Å². The van der Waals surface area contributed by atoms with Crippen molar-refractivity contribution in [1.82, 2.24) is 0 Å². The predicted molar refractivity (Wildman–Crippen MR) is 123 cm³/mol. The van der Waals surface area contributed by atoms with Crippen molar-refractivity contribution in [3.8, 4) is 0 Å². The summed E-state index contributed by atoms with van der Waals surface area (Å²) < 4.78 is 13.7. The Bertz CT molecular complexity index is 822. The minimum atomic E-state index is -1.71. The summed E-state index contributed by atoms with van der Waals surface area (Å²) in [6.07, 6.45) is 12.1. The molecule has 3 saturated carbocycles. The Hall–Kier alpha value is -0.873. The van der Waals surface area contributed by atoms with Crippen LogP contribution in [0.3, 0.4) is 0 Å². The first-order valence-electron chi connectivity index (χ1n) is 12.4. The second kappa shape index (κ2) is 6.13. The van der Waals surface area contributed by atoms with Gasteiger partial charge in [0.25, 0.3) is 0 Å². The molecular weight excluding hydrogens is 388 g/mol. The van der Waals surface area contributed by atoms with Crippen LogP contribution in [0, 0.1) is 22.2 Å². The third-order valence-corrected chi connectivity index (χ3v) is 15.6. The number of fused-ring (bicyclic) bond motifs is 1. The lowest BCUT2D eigenvalue weighted by molar-refractivity contribution is -0.194. The Balaban J connectivity index is 1.59. The van der Waals surface area contributed by atoms with Crippen molar-refractivity contribution in [2.45, 2.75) is 109 Å². The molecule has 5 rings (SSSR count). The third kappa shape index (κ3) is 2.14. The smallest absolute Gasteiger partial charge is 0.313 e. The van der Waals surface area contributed by atoms with E-state index in [9.17, 15) is 4.79 Å². The number of carbonyl (C=O) groups excluding carboxylic acids is 1. The fourth-order valence-electron chi connectivity index (χ4n) is 8.73. The van der Waals surface area contributed by atoms with Gasteiger partial charge in [-0.15, -0.1) is 0 Å². The zero-order valence-corrected chi connectivity index (χ0v) is 20.7. The highest BCUT2D eigenvalue weighted by Crippen LogP contribution is 2.77. The molecular formula is C26H40O3Si. The van der Waals surface area contributed by atoms with Gasteiger partial charge in [0.2, 0.25) is 0 Å². The molecule has 0 aromatic rings. The van der Waals surface area contributed by atoms with E-state index in [1.807, 2.05) is 0 Å². The molecule has 0 unspecified atom stereocenters. The highest BCUT2D eigenvalue weighted by Gasteiger charge is 2.78. The van der Waals surface area contributed by atoms with Crippen LogP contribution >= 0.6 is 0 Å². The second-order valence-corrected chi connectivity index (χ2v) is 16.4. The van der Waals surface area contributed by atoms with E-state index in [1.54, 1.807) is 0 Å². The molecule has 1 spiro atoms. The van der Waals surface area contributed by atoms with Gasteiger partial charge in [-0.1, -0.05) is 52.0 Å². The highest BCUT2D eigenvalue weighted by atomic mass is 28.4. The Morgan fingerprint density at radius 1 is 1.13 bits per heavy atom. The van der Waals surface area contributed by atoms with Gasteiger partial charge in [-0.2, -0.15) is 0 Å². The molecule has 0 radical (unpaired) electrons. The lowest BCUT2D eigenvalue weighted by Gasteiger charge is -2.63. The van der Waals surface area contributed by atoms with Crippen molar-refractivity contribution in [3.63, 3.8) is 0 Å². The van der Waals surface area contributed by atoms with E-state index in [0.717, 1.165) is 44.9 Å². The summed E-state index contributed by atoms with van der Waals surface area (Å²) in [6.45, 7) is 16.2. The summed E-state index contributed by atoms with van der Waals surface area (Å²) in [5.74, 6) is 0.248. The summed E-state index contributed by atoms with van der Waals surface area (Å²) in [6, 6.07) is 3.57. The molecule has 5 aliphatic rings. The fourth-order valence-corrected chi connectivity index (χ4v) is 11.8. The largest absolute Gasteiger partial charge is 0.457 e. The molecule has 166 valence electrons. The van der Waals surface area contributed by atoms with E-state index in [2.05, 4.69) is 53.3 Å². The molecule has 0 amide bonds. The van der Waals surface area contributed by atoms with Crippen LogP contribution in [0.15, 0.2) is 24.3 Å². The maximum atomic E-state index is 13.1. The number of esters is 1. The van der Waals surface area contributed by atoms with Crippen molar-refractivity contribution in [3.05, 3.63) is 24.3 Å². The summed E-state index contributed by atoms with van der Waals surface area (Å²) in [5.41, 5.74) is 0.383. The SMILES string of the molecule is C=C1C[C@]2(O[Si](CC)(CC)CC)CC[C@@]3(C)[C@@]1(C=C[C@@H]1[C@@]4(C)CCC[C@]13OC4=O)C2. The van der Waals surface area contributed by atoms with Crippen LogP contribution in [-0.2, 0) is 14.0 Å². The van der Waals surface area contributed by atoms with Gasteiger partial charge in [-0.3, -0.25) is 4.79 Å². The van der Waals surface area contributed by atoms with Crippen LogP contribution < -0.4 is 0 Å². The molecule has 1 aliphatic heterocycles. The quantitative estimate of drug-likeness (QED) is 0.283. The molecule has 4 bridgehead atoms. The van der Waals surface area contributed by atoms with Crippen LogP contribution in [0.1, 0.15) is 79.6 Å². The number of hydrogen-bond acceptors (Lipinski definition) is 3. The maximum Gasteiger partial charge on any atom is 0.313 e. The van der Waals surface area contributed by atoms with Crippen molar-refractivity contribution >= 4 is 14.3 Å². The van der Waals surface area contributed by atoms with Crippen LogP contribution in [0.5, 0.6) is 0 Å². The highest BCUT2D eigenvalue weighted by molar-refractivity contribution is 6.73. The Labute approximate surface area is 183 Å². The standard InChI is InChI=1S/C26H40O3Si/c1-7-30(8-2,9-3)29-24-16-15-23(6)25(18-24,19(4)17-24)14-11-20-22(5)12-10-13-26(20,23)28-21(22)27/h11,14,20H,4,7-10,12-13,15-18H2,1-3,5-6H3/t20-,22-,23+,24-,25+,26+/m1/s1. The van der Waals surface area contributed by atoms with E-state index in [4.69, 9.17) is 9.16 Å². The molecule has 4 aliphatic carbocycles. The molecule has 1 heterocycles. The van der Waals surface area contributed by atoms with Crippen LogP contribution in [0.2, 0.25) is 18.1 Å². The Kier molecular flexibility index (Phi) is 4.29. The molecule has 6 atom stereocenters. The maximum absolute atomic E-state index is 13.1. The van der Waals surface area contributed by atoms with Gasteiger partial charge in [0.05, 0.1) is 11.0 Å². The van der Waals surface area contributed by atoms with Gasteiger partial charge in [-0.25, -0.2) is 0 Å². The molecule has 30 heavy (non-hydrogen) atoms. The van der Waals surface area contributed by atoms with E-state index in [0.29, 0.717) is 0 Å². The number of rotatable bonds is 5. The molecule has 0 aromatic carbocycles. The molecule has 4 heteroatoms. The summed E-state index contributed by atoms with van der Waals surface area (Å²) in [4.78, 5) is 13.1. The van der Waals surface area contributed by atoms with Crippen LogP contribution in [-0.4, -0.2) is 25.5 Å². The summed E-state index contributed by atoms with van der Waals surface area (Å²) in [5, 5.41) is 0. The Morgan fingerprint density at radius 2 is 1.83 bits per heavy atom. The van der Waals surface area contributed by atoms with Crippen molar-refractivity contribution < 1.29 is 14.0 Å². The molecule has 4 fully saturated rings. The zero-order valence-electron chi connectivity index (χ0n) is 19.7. The minimum Gasteiger partial charge on any atom is -0.457 e. The molecule has 3 nitrogen and oxygen atoms in total. The lowest BCUT2D eigenvalue weighted by atomic mass is 9.41. The van der Waals surface area contributed by atoms with Gasteiger partial charge >= 0.3 is 5.97 Å². The second-order valence-electron chi connectivity index (χ2n) is 11.7. The van der Waals surface area contributed by atoms with Crippen molar-refractivity contribution in [2.75, 3.05) is 0 Å². The van der Waals surface area contributed by atoms with Crippen LogP contribution in [0.4, 0.5) is 0 Å². The van der Waals surface area contributed by atoms with Gasteiger partial charge < -0.3 is 9.16 Å².